The van der Waals surface area contributed by atoms with Gasteiger partial charge in [-0.3, -0.25) is 14.9 Å². The summed E-state index contributed by atoms with van der Waals surface area (Å²) in [7, 11) is -3.99. The van der Waals surface area contributed by atoms with Crippen molar-refractivity contribution >= 4 is 15.9 Å². The first kappa shape index (κ1) is 25.0. The van der Waals surface area contributed by atoms with E-state index in [0.717, 1.165) is 49.5 Å². The summed E-state index contributed by atoms with van der Waals surface area (Å²) in [6.45, 7) is 4.26. The molecule has 0 spiro atoms. The highest BCUT2D eigenvalue weighted by atomic mass is 32.2. The van der Waals surface area contributed by atoms with Gasteiger partial charge in [-0.1, -0.05) is 66.7 Å². The van der Waals surface area contributed by atoms with Crippen molar-refractivity contribution in [2.45, 2.75) is 23.9 Å². The highest BCUT2D eigenvalue weighted by Gasteiger charge is 2.26. The van der Waals surface area contributed by atoms with Crippen LogP contribution in [-0.2, 0) is 32.5 Å². The van der Waals surface area contributed by atoms with Gasteiger partial charge in [-0.2, -0.15) is 4.72 Å². The molecule has 9 heteroatoms. The summed E-state index contributed by atoms with van der Waals surface area (Å²) in [5.74, 6) is -0.828. The SMILES string of the molecule is O=C(NO)[C@@H](Cc1ccccc1)NS(=O)(=O)c1ccc(-c2ccc(CN3CCOCC3)cc2)cc1. The van der Waals surface area contributed by atoms with Gasteiger partial charge in [0.05, 0.1) is 18.1 Å². The minimum Gasteiger partial charge on any atom is -0.379 e. The van der Waals surface area contributed by atoms with Crippen LogP contribution < -0.4 is 10.2 Å². The minimum absolute atomic E-state index is 0.0361. The molecule has 0 bridgehead atoms. The molecule has 0 unspecified atom stereocenters. The van der Waals surface area contributed by atoms with Crippen LogP contribution in [0.3, 0.4) is 0 Å². The van der Waals surface area contributed by atoms with Gasteiger partial charge >= 0.3 is 0 Å². The number of hydrogen-bond acceptors (Lipinski definition) is 6. The molecule has 1 fully saturated rings. The molecule has 35 heavy (non-hydrogen) atoms. The fraction of sp³-hybridized carbons (Fsp3) is 0.269. The van der Waals surface area contributed by atoms with E-state index in [0.29, 0.717) is 0 Å². The first-order valence-corrected chi connectivity index (χ1v) is 12.9. The predicted molar refractivity (Wildman–Crippen MR) is 132 cm³/mol. The van der Waals surface area contributed by atoms with Gasteiger partial charge in [0.15, 0.2) is 0 Å². The van der Waals surface area contributed by atoms with Crippen LogP contribution >= 0.6 is 0 Å². The van der Waals surface area contributed by atoms with Crippen LogP contribution in [0.25, 0.3) is 11.1 Å². The Morgan fingerprint density at radius 1 is 0.886 bits per heavy atom. The number of rotatable bonds is 9. The Labute approximate surface area is 205 Å². The Morgan fingerprint density at radius 2 is 1.49 bits per heavy atom. The first-order chi connectivity index (χ1) is 16.9. The molecule has 1 aliphatic heterocycles. The summed E-state index contributed by atoms with van der Waals surface area (Å²) < 4.78 is 33.7. The number of benzene rings is 3. The van der Waals surface area contributed by atoms with Crippen molar-refractivity contribution < 1.29 is 23.2 Å². The third-order valence-electron chi connectivity index (χ3n) is 5.97. The van der Waals surface area contributed by atoms with E-state index in [4.69, 9.17) is 9.94 Å². The maximum Gasteiger partial charge on any atom is 0.261 e. The Morgan fingerprint density at radius 3 is 2.09 bits per heavy atom. The van der Waals surface area contributed by atoms with Gasteiger partial charge < -0.3 is 4.74 Å². The van der Waals surface area contributed by atoms with Crippen molar-refractivity contribution in [2.24, 2.45) is 0 Å². The van der Waals surface area contributed by atoms with E-state index in [1.807, 2.05) is 18.2 Å². The van der Waals surface area contributed by atoms with Crippen LogP contribution in [0.5, 0.6) is 0 Å². The zero-order valence-corrected chi connectivity index (χ0v) is 20.1. The van der Waals surface area contributed by atoms with Crippen molar-refractivity contribution in [1.29, 1.82) is 0 Å². The number of amides is 1. The number of hydroxylamine groups is 1. The number of hydrogen-bond donors (Lipinski definition) is 3. The number of sulfonamides is 1. The molecule has 1 amide bonds. The van der Waals surface area contributed by atoms with Crippen LogP contribution in [0.2, 0.25) is 0 Å². The first-order valence-electron chi connectivity index (χ1n) is 11.4. The molecule has 1 atom stereocenters. The van der Waals surface area contributed by atoms with Gasteiger partial charge in [0.25, 0.3) is 5.91 Å². The molecule has 0 aliphatic carbocycles. The topological polar surface area (TPSA) is 108 Å². The zero-order chi connectivity index (χ0) is 24.7. The number of morpholine rings is 1. The average molecular weight is 496 g/mol. The summed E-state index contributed by atoms with van der Waals surface area (Å²) in [5.41, 5.74) is 5.38. The van der Waals surface area contributed by atoms with E-state index in [-0.39, 0.29) is 11.3 Å². The second kappa shape index (κ2) is 11.6. The molecule has 4 rings (SSSR count). The highest BCUT2D eigenvalue weighted by molar-refractivity contribution is 7.89. The Hall–Kier alpha value is -3.08. The van der Waals surface area contributed by atoms with E-state index in [1.54, 1.807) is 41.9 Å². The molecule has 184 valence electrons. The van der Waals surface area contributed by atoms with Crippen molar-refractivity contribution in [3.8, 4) is 11.1 Å². The molecule has 1 heterocycles. The number of nitrogens with one attached hydrogen (secondary N) is 2. The lowest BCUT2D eigenvalue weighted by atomic mass is 10.0. The maximum atomic E-state index is 12.9. The summed E-state index contributed by atoms with van der Waals surface area (Å²) >= 11 is 0. The molecule has 8 nitrogen and oxygen atoms in total. The number of carbonyl (C=O) groups excluding carboxylic acids is 1. The summed E-state index contributed by atoms with van der Waals surface area (Å²) in [6, 6.07) is 22.5. The van der Waals surface area contributed by atoms with E-state index < -0.39 is 22.0 Å². The molecular formula is C26H29N3O5S. The molecule has 1 aliphatic rings. The third-order valence-corrected chi connectivity index (χ3v) is 7.46. The van der Waals surface area contributed by atoms with Gasteiger partial charge in [0.2, 0.25) is 10.0 Å². The minimum atomic E-state index is -3.99. The van der Waals surface area contributed by atoms with Crippen LogP contribution in [0.1, 0.15) is 11.1 Å². The fourth-order valence-electron chi connectivity index (χ4n) is 4.02. The molecule has 3 N–H and O–H groups in total. The second-order valence-corrected chi connectivity index (χ2v) is 10.2. The molecule has 3 aromatic carbocycles. The van der Waals surface area contributed by atoms with Crippen LogP contribution in [0, 0.1) is 0 Å². The summed E-state index contributed by atoms with van der Waals surface area (Å²) in [4.78, 5) is 14.5. The molecule has 1 saturated heterocycles. The van der Waals surface area contributed by atoms with Crippen LogP contribution in [-0.4, -0.2) is 56.8 Å². The quantitative estimate of drug-likeness (QED) is 0.311. The zero-order valence-electron chi connectivity index (χ0n) is 19.3. The fourth-order valence-corrected chi connectivity index (χ4v) is 5.21. The van der Waals surface area contributed by atoms with Crippen molar-refractivity contribution in [3.05, 3.63) is 90.0 Å². The van der Waals surface area contributed by atoms with Gasteiger partial charge in [-0.15, -0.1) is 0 Å². The smallest absolute Gasteiger partial charge is 0.261 e. The molecule has 0 radical (unpaired) electrons. The van der Waals surface area contributed by atoms with Crippen LogP contribution in [0.15, 0.2) is 83.8 Å². The molecular weight excluding hydrogens is 466 g/mol. The molecule has 3 aromatic rings. The Bertz CT molecular complexity index is 1210. The van der Waals surface area contributed by atoms with Gasteiger partial charge in [-0.05, 0) is 40.8 Å². The maximum absolute atomic E-state index is 12.9. The van der Waals surface area contributed by atoms with E-state index >= 15 is 0 Å². The Balaban J connectivity index is 1.44. The van der Waals surface area contributed by atoms with Crippen LogP contribution in [0.4, 0.5) is 0 Å². The lowest BCUT2D eigenvalue weighted by molar-refractivity contribution is -0.130. The van der Waals surface area contributed by atoms with E-state index in [1.165, 1.54) is 17.7 Å². The van der Waals surface area contributed by atoms with Crippen molar-refractivity contribution in [1.82, 2.24) is 15.1 Å². The largest absolute Gasteiger partial charge is 0.379 e. The van der Waals surface area contributed by atoms with Crippen molar-refractivity contribution in [2.75, 3.05) is 26.3 Å². The summed E-state index contributed by atoms with van der Waals surface area (Å²) in [6.07, 6.45) is 0.0986. The Kier molecular flexibility index (Phi) is 8.27. The second-order valence-electron chi connectivity index (χ2n) is 8.45. The van der Waals surface area contributed by atoms with Gasteiger partial charge in [0, 0.05) is 19.6 Å². The molecule has 0 aromatic heterocycles. The van der Waals surface area contributed by atoms with Gasteiger partial charge in [0.1, 0.15) is 6.04 Å². The number of carbonyl (C=O) groups is 1. The third kappa shape index (κ3) is 6.74. The summed E-state index contributed by atoms with van der Waals surface area (Å²) in [5, 5.41) is 9.08. The lowest BCUT2D eigenvalue weighted by Gasteiger charge is -2.26. The average Bonchev–Trinajstić information content (AvgIpc) is 2.89. The number of ether oxygens (including phenoxy) is 1. The van der Waals surface area contributed by atoms with E-state index in [9.17, 15) is 13.2 Å². The normalized spacial score (nSPS) is 15.5. The standard InChI is InChI=1S/C26H29N3O5S/c30-26(27-31)25(18-20-4-2-1-3-5-20)28-35(32,33)24-12-10-23(11-13-24)22-8-6-21(7-9-22)19-29-14-16-34-17-15-29/h1-13,25,28,31H,14-19H2,(H,27,30)/t25-/m1/s1. The monoisotopic (exact) mass is 495 g/mol. The molecule has 0 saturated carbocycles. The number of nitrogens with zero attached hydrogens (tertiary/aromatic N) is 1. The van der Waals surface area contributed by atoms with Gasteiger partial charge in [-0.25, -0.2) is 13.9 Å². The van der Waals surface area contributed by atoms with Crippen molar-refractivity contribution in [3.63, 3.8) is 0 Å². The predicted octanol–water partition coefficient (Wildman–Crippen LogP) is 2.58. The lowest BCUT2D eigenvalue weighted by Crippen LogP contribution is -2.47. The van der Waals surface area contributed by atoms with E-state index in [2.05, 4.69) is 21.8 Å². The highest BCUT2D eigenvalue weighted by Crippen LogP contribution is 2.23.